The van der Waals surface area contributed by atoms with Gasteiger partial charge in [-0.1, -0.05) is 6.92 Å². The highest BCUT2D eigenvalue weighted by Gasteiger charge is 2.13. The lowest BCUT2D eigenvalue weighted by molar-refractivity contribution is 0.340. The van der Waals surface area contributed by atoms with Crippen LogP contribution in [0.1, 0.15) is 26.6 Å². The lowest BCUT2D eigenvalue weighted by atomic mass is 10.1. The van der Waals surface area contributed by atoms with E-state index in [1.165, 1.54) is 0 Å². The van der Waals surface area contributed by atoms with E-state index < -0.39 is 0 Å². The van der Waals surface area contributed by atoms with Crippen molar-refractivity contribution in [1.82, 2.24) is 9.55 Å². The molecule has 102 valence electrons. The summed E-state index contributed by atoms with van der Waals surface area (Å²) in [6.45, 7) is 7.67. The Balaban J connectivity index is 2.38. The molecule has 0 saturated heterocycles. The smallest absolute Gasteiger partial charge is 0.131 e. The first-order valence-electron chi connectivity index (χ1n) is 6.79. The zero-order valence-electron chi connectivity index (χ0n) is 11.8. The molecule has 1 aromatic carbocycles. The molecule has 0 radical (unpaired) electrons. The van der Waals surface area contributed by atoms with Crippen LogP contribution in [0.2, 0.25) is 0 Å². The van der Waals surface area contributed by atoms with Crippen molar-refractivity contribution in [3.05, 3.63) is 30.1 Å². The highest BCUT2D eigenvalue weighted by molar-refractivity contribution is 5.71. The fraction of sp³-hybridized carbons (Fsp3) is 0.400. The van der Waals surface area contributed by atoms with Gasteiger partial charge in [0.15, 0.2) is 0 Å². The van der Waals surface area contributed by atoms with Gasteiger partial charge >= 0.3 is 0 Å². The summed E-state index contributed by atoms with van der Waals surface area (Å²) in [7, 11) is 0. The number of hydrogen-bond donors (Lipinski definition) is 1. The van der Waals surface area contributed by atoms with Gasteiger partial charge in [0.05, 0.1) is 6.61 Å². The molecule has 0 spiro atoms. The van der Waals surface area contributed by atoms with Crippen molar-refractivity contribution in [2.24, 2.45) is 0 Å². The molecule has 2 aromatic rings. The Labute approximate surface area is 114 Å². The molecule has 0 unspecified atom stereocenters. The number of aryl methyl sites for hydroxylation is 1. The highest BCUT2D eigenvalue weighted by Crippen LogP contribution is 2.28. The quantitative estimate of drug-likeness (QED) is 0.897. The van der Waals surface area contributed by atoms with E-state index in [1.807, 2.05) is 31.2 Å². The molecule has 0 amide bonds. The Kier molecular flexibility index (Phi) is 4.10. The van der Waals surface area contributed by atoms with Gasteiger partial charge in [0.25, 0.3) is 0 Å². The number of nitrogens with zero attached hydrogens (tertiary/aromatic N) is 2. The fourth-order valence-corrected chi connectivity index (χ4v) is 2.22. The molecule has 1 heterocycles. The molecule has 0 aliphatic heterocycles. The first kappa shape index (κ1) is 13.5. The van der Waals surface area contributed by atoms with E-state index >= 15 is 0 Å². The van der Waals surface area contributed by atoms with E-state index in [-0.39, 0.29) is 0 Å². The van der Waals surface area contributed by atoms with Gasteiger partial charge in [-0.3, -0.25) is 0 Å². The number of nitrogens with two attached hydrogens (primary N) is 1. The molecule has 0 saturated carbocycles. The van der Waals surface area contributed by atoms with E-state index in [0.29, 0.717) is 6.61 Å². The predicted molar refractivity (Wildman–Crippen MR) is 78.3 cm³/mol. The molecule has 0 bridgehead atoms. The molecule has 19 heavy (non-hydrogen) atoms. The lowest BCUT2D eigenvalue weighted by Gasteiger charge is -2.05. The Morgan fingerprint density at radius 2 is 1.84 bits per heavy atom. The molecule has 0 aliphatic rings. The Hall–Kier alpha value is -1.97. The van der Waals surface area contributed by atoms with Crippen molar-refractivity contribution in [3.8, 4) is 17.0 Å². The molecule has 0 atom stereocenters. The van der Waals surface area contributed by atoms with Crippen LogP contribution in [0.15, 0.2) is 24.3 Å². The predicted octanol–water partition coefficient (Wildman–Crippen LogP) is 3.11. The van der Waals surface area contributed by atoms with Gasteiger partial charge in [0.1, 0.15) is 23.1 Å². The van der Waals surface area contributed by atoms with Gasteiger partial charge in [0, 0.05) is 18.5 Å². The summed E-state index contributed by atoms with van der Waals surface area (Å²) in [5, 5.41) is 0. The number of aromatic nitrogens is 2. The van der Waals surface area contributed by atoms with Crippen LogP contribution in [0.3, 0.4) is 0 Å². The van der Waals surface area contributed by atoms with Gasteiger partial charge in [-0.05, 0) is 38.1 Å². The minimum absolute atomic E-state index is 0.673. The van der Waals surface area contributed by atoms with E-state index in [2.05, 4.69) is 23.4 Å². The second-order valence-electron chi connectivity index (χ2n) is 4.32. The van der Waals surface area contributed by atoms with Gasteiger partial charge in [-0.25, -0.2) is 4.98 Å². The minimum Gasteiger partial charge on any atom is -0.494 e. The Bertz CT molecular complexity index is 543. The zero-order valence-corrected chi connectivity index (χ0v) is 11.8. The first-order chi connectivity index (χ1) is 9.21. The number of nitrogen functional groups attached to an aromatic ring is 1. The monoisotopic (exact) mass is 259 g/mol. The van der Waals surface area contributed by atoms with Crippen molar-refractivity contribution in [2.75, 3.05) is 12.3 Å². The standard InChI is InChI=1S/C15H21N3O/c1-4-13-17-14(15(16)18(13)5-2)11-7-9-12(10-8-11)19-6-3/h7-10H,4-6,16H2,1-3H3. The highest BCUT2D eigenvalue weighted by atomic mass is 16.5. The number of hydrogen-bond acceptors (Lipinski definition) is 3. The van der Waals surface area contributed by atoms with Gasteiger partial charge in [-0.15, -0.1) is 0 Å². The third-order valence-corrected chi connectivity index (χ3v) is 3.16. The molecule has 4 heteroatoms. The van der Waals surface area contributed by atoms with E-state index in [4.69, 9.17) is 10.5 Å². The molecule has 4 nitrogen and oxygen atoms in total. The van der Waals surface area contributed by atoms with E-state index in [0.717, 1.165) is 41.6 Å². The summed E-state index contributed by atoms with van der Waals surface area (Å²) in [4.78, 5) is 4.64. The van der Waals surface area contributed by atoms with Crippen molar-refractivity contribution < 1.29 is 4.74 Å². The zero-order chi connectivity index (χ0) is 13.8. The van der Waals surface area contributed by atoms with Gasteiger partial charge < -0.3 is 15.0 Å². The van der Waals surface area contributed by atoms with Crippen molar-refractivity contribution >= 4 is 5.82 Å². The minimum atomic E-state index is 0.673. The second kappa shape index (κ2) is 5.78. The summed E-state index contributed by atoms with van der Waals surface area (Å²) < 4.78 is 7.50. The SMILES string of the molecule is CCOc1ccc(-c2nc(CC)n(CC)c2N)cc1. The first-order valence-corrected chi connectivity index (χ1v) is 6.79. The molecular formula is C15H21N3O. The number of imidazole rings is 1. The Morgan fingerprint density at radius 3 is 2.32 bits per heavy atom. The van der Waals surface area contributed by atoms with E-state index in [9.17, 15) is 0 Å². The number of benzene rings is 1. The summed E-state index contributed by atoms with van der Waals surface area (Å²) >= 11 is 0. The molecular weight excluding hydrogens is 238 g/mol. The maximum atomic E-state index is 6.19. The van der Waals surface area contributed by atoms with Crippen LogP contribution in [0, 0.1) is 0 Å². The summed E-state index contributed by atoms with van der Waals surface area (Å²) in [5.41, 5.74) is 8.08. The average molecular weight is 259 g/mol. The Morgan fingerprint density at radius 1 is 1.16 bits per heavy atom. The molecule has 0 fully saturated rings. The normalized spacial score (nSPS) is 10.7. The number of anilines is 1. The maximum Gasteiger partial charge on any atom is 0.131 e. The van der Waals surface area contributed by atoms with E-state index in [1.54, 1.807) is 0 Å². The van der Waals surface area contributed by atoms with Crippen LogP contribution < -0.4 is 10.5 Å². The fourth-order valence-electron chi connectivity index (χ4n) is 2.22. The third kappa shape index (κ3) is 2.57. The van der Waals surface area contributed by atoms with Crippen LogP contribution in [0.5, 0.6) is 5.75 Å². The molecule has 0 aliphatic carbocycles. The van der Waals surface area contributed by atoms with Crippen LogP contribution in [0.25, 0.3) is 11.3 Å². The van der Waals surface area contributed by atoms with Crippen LogP contribution in [-0.2, 0) is 13.0 Å². The second-order valence-corrected chi connectivity index (χ2v) is 4.32. The summed E-state index contributed by atoms with van der Waals surface area (Å²) in [6, 6.07) is 7.91. The molecule has 2 rings (SSSR count). The summed E-state index contributed by atoms with van der Waals surface area (Å²) in [6.07, 6.45) is 0.884. The number of rotatable bonds is 5. The van der Waals surface area contributed by atoms with Crippen molar-refractivity contribution in [1.29, 1.82) is 0 Å². The van der Waals surface area contributed by atoms with Crippen LogP contribution >= 0.6 is 0 Å². The van der Waals surface area contributed by atoms with Crippen molar-refractivity contribution in [2.45, 2.75) is 33.7 Å². The maximum absolute atomic E-state index is 6.19. The molecule has 2 N–H and O–H groups in total. The molecule has 1 aromatic heterocycles. The average Bonchev–Trinajstić information content (AvgIpc) is 2.76. The van der Waals surface area contributed by atoms with Crippen molar-refractivity contribution in [3.63, 3.8) is 0 Å². The van der Waals surface area contributed by atoms with Crippen LogP contribution in [0.4, 0.5) is 5.82 Å². The largest absolute Gasteiger partial charge is 0.494 e. The van der Waals surface area contributed by atoms with Crippen LogP contribution in [-0.4, -0.2) is 16.2 Å². The van der Waals surface area contributed by atoms with Gasteiger partial charge in [0.2, 0.25) is 0 Å². The van der Waals surface area contributed by atoms with Gasteiger partial charge in [-0.2, -0.15) is 0 Å². The third-order valence-electron chi connectivity index (χ3n) is 3.16. The number of ether oxygens (including phenoxy) is 1. The lowest BCUT2D eigenvalue weighted by Crippen LogP contribution is -2.04. The topological polar surface area (TPSA) is 53.1 Å². The summed E-state index contributed by atoms with van der Waals surface area (Å²) in [5.74, 6) is 2.64.